The normalized spacial score (nSPS) is 16.4. The minimum absolute atomic E-state index is 0.0359. The van der Waals surface area contributed by atoms with Crippen LogP contribution in [0.3, 0.4) is 0 Å². The van der Waals surface area contributed by atoms with Gasteiger partial charge in [0.1, 0.15) is 12.4 Å². The van der Waals surface area contributed by atoms with E-state index in [0.29, 0.717) is 10.9 Å². The third-order valence-electron chi connectivity index (χ3n) is 12.5. The molecule has 2 aliphatic rings. The molecule has 0 spiro atoms. The lowest BCUT2D eigenvalue weighted by molar-refractivity contribution is 0.0991. The molecule has 0 N–H and O–H groups in total. The van der Waals surface area contributed by atoms with Crippen LogP contribution in [0.15, 0.2) is 176 Å². The number of hydrogen-bond acceptors (Lipinski definition) is 4. The molecule has 308 valence electrons. The molecular formula is C56H56ClN3O. The first-order valence-corrected chi connectivity index (χ1v) is 22.2. The van der Waals surface area contributed by atoms with E-state index in [4.69, 9.17) is 16.3 Å². The largest absolute Gasteiger partial charge is 0.495 e. The molecule has 1 heterocycles. The van der Waals surface area contributed by atoms with Gasteiger partial charge in [0.2, 0.25) is 0 Å². The van der Waals surface area contributed by atoms with Gasteiger partial charge in [0.15, 0.2) is 0 Å². The monoisotopic (exact) mass is 821 g/mol. The van der Waals surface area contributed by atoms with Crippen molar-refractivity contribution in [2.45, 2.75) is 84.2 Å². The third-order valence-corrected chi connectivity index (χ3v) is 12.8. The van der Waals surface area contributed by atoms with Crippen LogP contribution in [0, 0.1) is 5.92 Å². The van der Waals surface area contributed by atoms with Crippen LogP contribution in [0.1, 0.15) is 78.4 Å². The van der Waals surface area contributed by atoms with E-state index in [9.17, 15) is 0 Å². The molecule has 61 heavy (non-hydrogen) atoms. The average Bonchev–Trinajstić information content (AvgIpc) is 3.69. The summed E-state index contributed by atoms with van der Waals surface area (Å²) in [5.41, 5.74) is 11.7. The molecule has 0 saturated heterocycles. The van der Waals surface area contributed by atoms with Gasteiger partial charge in [-0.2, -0.15) is 0 Å². The van der Waals surface area contributed by atoms with Crippen LogP contribution in [0.25, 0.3) is 10.8 Å². The zero-order valence-corrected chi connectivity index (χ0v) is 37.0. The minimum Gasteiger partial charge on any atom is -0.495 e. The van der Waals surface area contributed by atoms with E-state index in [0.717, 1.165) is 58.3 Å². The summed E-state index contributed by atoms with van der Waals surface area (Å²) in [5.74, 6) is 0.297. The summed E-state index contributed by atoms with van der Waals surface area (Å²) >= 11 is 7.97. The summed E-state index contributed by atoms with van der Waals surface area (Å²) < 4.78 is 6.44. The Hall–Kier alpha value is -5.97. The summed E-state index contributed by atoms with van der Waals surface area (Å²) in [6.07, 6.45) is 6.77. The van der Waals surface area contributed by atoms with Crippen LogP contribution in [0.5, 0.6) is 0 Å². The summed E-state index contributed by atoms with van der Waals surface area (Å²) in [4.78, 5) is 7.10. The van der Waals surface area contributed by atoms with Crippen LogP contribution >= 0.6 is 11.6 Å². The van der Waals surface area contributed by atoms with Crippen LogP contribution in [0.4, 0.5) is 45.5 Å². The maximum Gasteiger partial charge on any atom is 0.106 e. The molecule has 2 unspecified atom stereocenters. The Balaban J connectivity index is 1.26. The fourth-order valence-electron chi connectivity index (χ4n) is 9.13. The second-order valence-corrected chi connectivity index (χ2v) is 19.1. The van der Waals surface area contributed by atoms with Gasteiger partial charge in [-0.25, -0.2) is 0 Å². The van der Waals surface area contributed by atoms with Crippen molar-refractivity contribution in [2.24, 2.45) is 5.92 Å². The molecule has 2 atom stereocenters. The fraction of sp³-hybridized carbons (Fsp3) is 0.250. The number of ether oxygens (including phenoxy) is 1. The van der Waals surface area contributed by atoms with Gasteiger partial charge < -0.3 is 19.4 Å². The third kappa shape index (κ3) is 8.02. The molecule has 7 aromatic carbocycles. The Kier molecular flexibility index (Phi) is 10.9. The van der Waals surface area contributed by atoms with Gasteiger partial charge in [0.05, 0.1) is 27.8 Å². The van der Waals surface area contributed by atoms with Crippen molar-refractivity contribution in [3.63, 3.8) is 0 Å². The molecule has 1 fully saturated rings. The van der Waals surface area contributed by atoms with E-state index in [1.54, 1.807) is 0 Å². The van der Waals surface area contributed by atoms with Gasteiger partial charge in [-0.1, -0.05) is 151 Å². The summed E-state index contributed by atoms with van der Waals surface area (Å²) in [7, 11) is 0. The van der Waals surface area contributed by atoms with E-state index in [-0.39, 0.29) is 16.9 Å². The first-order chi connectivity index (χ1) is 29.5. The summed E-state index contributed by atoms with van der Waals surface area (Å²) in [6.45, 7) is 13.6. The lowest BCUT2D eigenvalue weighted by Crippen LogP contribution is -2.29. The lowest BCUT2D eigenvalue weighted by Gasteiger charge is -2.36. The van der Waals surface area contributed by atoms with Gasteiger partial charge in [0.25, 0.3) is 0 Å². The van der Waals surface area contributed by atoms with Crippen molar-refractivity contribution in [2.75, 3.05) is 14.7 Å². The van der Waals surface area contributed by atoms with Gasteiger partial charge in [-0.05, 0) is 119 Å². The van der Waals surface area contributed by atoms with Crippen molar-refractivity contribution < 1.29 is 4.74 Å². The Morgan fingerprint density at radius 2 is 0.984 bits per heavy atom. The molecule has 5 heteroatoms. The number of rotatable bonds is 9. The molecule has 0 bridgehead atoms. The predicted octanol–water partition coefficient (Wildman–Crippen LogP) is 16.6. The standard InChI is InChI=1S/C56H56ClN3O/c1-55(2,3)40-31-33-44(34-32-40)58(49-29-17-20-39-19-13-14-27-47(39)49)45-25-18-26-46(37-45)59(42-21-9-7-10-22-42)50-35-41(56(4,5)6)36-51(54(50)57)60(43-23-11-8-12-24-43)52-38-61-53-30-16-15-28-48(52)53/h7-14,17-27,29,31-38,48,53H,15-16,28,30H2,1-6H3. The quantitative estimate of drug-likeness (QED) is 0.144. The Bertz CT molecular complexity index is 2670. The van der Waals surface area contributed by atoms with Crippen molar-refractivity contribution in [1.82, 2.24) is 0 Å². The van der Waals surface area contributed by atoms with Crippen molar-refractivity contribution in [3.8, 4) is 0 Å². The second kappa shape index (κ2) is 16.5. The van der Waals surface area contributed by atoms with Crippen molar-refractivity contribution in [3.05, 3.63) is 192 Å². The number of fused-ring (bicyclic) bond motifs is 2. The Morgan fingerprint density at radius 1 is 0.475 bits per heavy atom. The maximum atomic E-state index is 7.97. The second-order valence-electron chi connectivity index (χ2n) is 18.7. The zero-order chi connectivity index (χ0) is 42.3. The number of benzene rings is 7. The van der Waals surface area contributed by atoms with Gasteiger partial charge in [0, 0.05) is 39.7 Å². The van der Waals surface area contributed by atoms with Crippen LogP contribution in [-0.4, -0.2) is 6.10 Å². The Morgan fingerprint density at radius 3 is 1.64 bits per heavy atom. The predicted molar refractivity (Wildman–Crippen MR) is 259 cm³/mol. The highest BCUT2D eigenvalue weighted by Gasteiger charge is 2.39. The zero-order valence-electron chi connectivity index (χ0n) is 36.3. The SMILES string of the molecule is CC(C)(C)c1ccc(N(c2cccc(N(c3ccccc3)c3cc(C(C)(C)C)cc(N(C4=COC5CCCCC45)c4ccccc4)c3Cl)c2)c2cccc3ccccc23)cc1. The van der Waals surface area contributed by atoms with Crippen LogP contribution in [0.2, 0.25) is 5.02 Å². The van der Waals surface area contributed by atoms with Gasteiger partial charge >= 0.3 is 0 Å². The number of anilines is 8. The average molecular weight is 823 g/mol. The minimum atomic E-state index is -0.182. The van der Waals surface area contributed by atoms with Crippen LogP contribution < -0.4 is 14.7 Å². The molecule has 1 saturated carbocycles. The topological polar surface area (TPSA) is 19.0 Å². The highest BCUT2D eigenvalue weighted by Crippen LogP contribution is 2.51. The number of para-hydroxylation sites is 2. The van der Waals surface area contributed by atoms with E-state index in [1.807, 2.05) is 6.26 Å². The molecule has 0 radical (unpaired) electrons. The first kappa shape index (κ1) is 40.4. The van der Waals surface area contributed by atoms with Crippen molar-refractivity contribution in [1.29, 1.82) is 0 Å². The molecule has 9 rings (SSSR count). The molecule has 4 nitrogen and oxygen atoms in total. The van der Waals surface area contributed by atoms with Crippen LogP contribution in [-0.2, 0) is 15.6 Å². The lowest BCUT2D eigenvalue weighted by atomic mass is 9.84. The molecular weight excluding hydrogens is 766 g/mol. The molecule has 1 aliphatic carbocycles. The summed E-state index contributed by atoms with van der Waals surface area (Å²) in [5, 5.41) is 3.06. The Labute approximate surface area is 367 Å². The first-order valence-electron chi connectivity index (χ1n) is 21.8. The molecule has 7 aromatic rings. The molecule has 0 amide bonds. The smallest absolute Gasteiger partial charge is 0.106 e. The number of halogens is 1. The van der Waals surface area contributed by atoms with E-state index in [1.165, 1.54) is 40.4 Å². The summed E-state index contributed by atoms with van der Waals surface area (Å²) in [6, 6.07) is 59.1. The number of nitrogens with zero attached hydrogens (tertiary/aromatic N) is 3. The van der Waals surface area contributed by atoms with Crippen molar-refractivity contribution >= 4 is 67.9 Å². The number of hydrogen-bond donors (Lipinski definition) is 0. The highest BCUT2D eigenvalue weighted by molar-refractivity contribution is 6.36. The van der Waals surface area contributed by atoms with Gasteiger partial charge in [-0.15, -0.1) is 0 Å². The molecule has 0 aromatic heterocycles. The van der Waals surface area contributed by atoms with E-state index >= 15 is 0 Å². The van der Waals surface area contributed by atoms with E-state index < -0.39 is 0 Å². The van der Waals surface area contributed by atoms with Gasteiger partial charge in [-0.3, -0.25) is 0 Å². The fourth-order valence-corrected chi connectivity index (χ4v) is 9.41. The molecule has 1 aliphatic heterocycles. The maximum absolute atomic E-state index is 7.97. The highest BCUT2D eigenvalue weighted by atomic mass is 35.5. The van der Waals surface area contributed by atoms with E-state index in [2.05, 4.69) is 220 Å².